The number of rotatable bonds is 11. The molecule has 200 valence electrons. The predicted molar refractivity (Wildman–Crippen MR) is 142 cm³/mol. The molecule has 0 aliphatic heterocycles. The highest BCUT2D eigenvalue weighted by molar-refractivity contribution is 5.94. The van der Waals surface area contributed by atoms with Crippen molar-refractivity contribution in [3.8, 4) is 11.3 Å². The van der Waals surface area contributed by atoms with Gasteiger partial charge in [0, 0.05) is 23.2 Å². The largest absolute Gasteiger partial charge is 0.444 e. The summed E-state index contributed by atoms with van der Waals surface area (Å²) in [4.78, 5) is 30.0. The van der Waals surface area contributed by atoms with Gasteiger partial charge in [0.15, 0.2) is 6.10 Å². The number of aromatic amines is 1. The van der Waals surface area contributed by atoms with Crippen LogP contribution in [0.4, 0.5) is 10.6 Å². The second-order valence-corrected chi connectivity index (χ2v) is 10.4. The second-order valence-electron chi connectivity index (χ2n) is 10.4. The summed E-state index contributed by atoms with van der Waals surface area (Å²) >= 11 is 0. The summed E-state index contributed by atoms with van der Waals surface area (Å²) in [6, 6.07) is 8.89. The number of unbranched alkanes of at least 4 members (excludes halogenated alkanes) is 1. The normalized spacial score (nSPS) is 14.0. The number of hydrogen-bond acceptors (Lipinski definition) is 6. The number of alkyl carbamates (subject to hydrolysis) is 1. The van der Waals surface area contributed by atoms with E-state index in [2.05, 4.69) is 25.8 Å². The summed E-state index contributed by atoms with van der Waals surface area (Å²) in [6.07, 6.45) is 4.49. The number of imidazole rings is 1. The number of nitrogens with one attached hydrogen (secondary N) is 3. The Kier molecular flexibility index (Phi) is 9.46. The van der Waals surface area contributed by atoms with E-state index in [-0.39, 0.29) is 5.41 Å². The minimum atomic E-state index is -1.46. The molecule has 0 fully saturated rings. The van der Waals surface area contributed by atoms with E-state index in [1.807, 2.05) is 69.6 Å². The van der Waals surface area contributed by atoms with Crippen LogP contribution in [0.1, 0.15) is 52.5 Å². The van der Waals surface area contributed by atoms with Crippen molar-refractivity contribution in [1.29, 1.82) is 0 Å². The topological polar surface area (TPSA) is 134 Å². The van der Waals surface area contributed by atoms with Gasteiger partial charge in [-0.1, -0.05) is 70.4 Å². The van der Waals surface area contributed by atoms with E-state index < -0.39 is 30.3 Å². The van der Waals surface area contributed by atoms with E-state index in [0.29, 0.717) is 18.8 Å². The molecule has 0 bridgehead atoms. The van der Waals surface area contributed by atoms with Crippen LogP contribution in [-0.2, 0) is 16.1 Å². The molecule has 10 nitrogen and oxygen atoms in total. The highest BCUT2D eigenvalue weighted by atomic mass is 16.6. The van der Waals surface area contributed by atoms with Gasteiger partial charge in [0.25, 0.3) is 5.91 Å². The summed E-state index contributed by atoms with van der Waals surface area (Å²) in [7, 11) is 0. The Bertz CT molecular complexity index is 1130. The first-order chi connectivity index (χ1) is 17.6. The first-order valence-electron chi connectivity index (χ1n) is 12.6. The van der Waals surface area contributed by atoms with Gasteiger partial charge in [-0.05, 0) is 13.3 Å². The molecule has 37 heavy (non-hydrogen) atoms. The minimum absolute atomic E-state index is 0.360. The standard InChI is InChI=1S/C27H38N6O4/c1-6-7-8-20(24(34)25(35)31-23-13-14-29-32-23)30-26(36)37-22(27(3,4)5)16-33-15-21(28-17-33)19-11-9-18(2)10-12-19/h9-15,17,20,22,24,34H,6-8,16H2,1-5H3,(H,30,36)(H2,29,31,32,35)/t20-,22+,24+/m0/s1. The lowest BCUT2D eigenvalue weighted by Gasteiger charge is -2.31. The van der Waals surface area contributed by atoms with Crippen LogP contribution in [0.2, 0.25) is 0 Å². The quantitative estimate of drug-likeness (QED) is 0.304. The van der Waals surface area contributed by atoms with Crippen molar-refractivity contribution >= 4 is 17.8 Å². The van der Waals surface area contributed by atoms with Crippen LogP contribution in [0.3, 0.4) is 0 Å². The van der Waals surface area contributed by atoms with Crippen molar-refractivity contribution in [2.45, 2.75) is 78.7 Å². The van der Waals surface area contributed by atoms with E-state index in [4.69, 9.17) is 4.74 Å². The molecular weight excluding hydrogens is 472 g/mol. The maximum atomic E-state index is 12.9. The van der Waals surface area contributed by atoms with Crippen LogP contribution in [0.15, 0.2) is 49.1 Å². The average molecular weight is 511 g/mol. The molecule has 0 saturated carbocycles. The van der Waals surface area contributed by atoms with E-state index in [9.17, 15) is 14.7 Å². The van der Waals surface area contributed by atoms with Crippen LogP contribution < -0.4 is 10.6 Å². The molecule has 2 heterocycles. The smallest absolute Gasteiger partial charge is 0.407 e. The van der Waals surface area contributed by atoms with Gasteiger partial charge in [0.2, 0.25) is 0 Å². The minimum Gasteiger partial charge on any atom is -0.444 e. The van der Waals surface area contributed by atoms with E-state index in [0.717, 1.165) is 24.1 Å². The third-order valence-electron chi connectivity index (χ3n) is 6.15. The molecule has 2 amide bonds. The van der Waals surface area contributed by atoms with Crippen LogP contribution in [0.5, 0.6) is 0 Å². The lowest BCUT2D eigenvalue weighted by Crippen LogP contribution is -2.50. The van der Waals surface area contributed by atoms with Crippen molar-refractivity contribution in [1.82, 2.24) is 25.1 Å². The fourth-order valence-corrected chi connectivity index (χ4v) is 3.78. The molecule has 0 saturated heterocycles. The lowest BCUT2D eigenvalue weighted by molar-refractivity contribution is -0.125. The number of ether oxygens (including phenoxy) is 1. The Labute approximate surface area is 217 Å². The fraction of sp³-hybridized carbons (Fsp3) is 0.481. The van der Waals surface area contributed by atoms with Crippen LogP contribution in [-0.4, -0.2) is 55.1 Å². The van der Waals surface area contributed by atoms with Gasteiger partial charge in [-0.15, -0.1) is 0 Å². The number of anilines is 1. The summed E-state index contributed by atoms with van der Waals surface area (Å²) in [6.45, 7) is 10.4. The number of aliphatic hydroxyl groups excluding tert-OH is 1. The molecule has 2 aromatic heterocycles. The van der Waals surface area contributed by atoms with E-state index >= 15 is 0 Å². The first-order valence-corrected chi connectivity index (χ1v) is 12.6. The third kappa shape index (κ3) is 8.18. The summed E-state index contributed by atoms with van der Waals surface area (Å²) in [5, 5.41) is 22.3. The number of aromatic nitrogens is 4. The molecule has 3 rings (SSSR count). The Balaban J connectivity index is 1.66. The number of carbonyl (C=O) groups excluding carboxylic acids is 2. The number of carbonyl (C=O) groups is 2. The van der Waals surface area contributed by atoms with Crippen molar-refractivity contribution < 1.29 is 19.4 Å². The van der Waals surface area contributed by atoms with Crippen molar-refractivity contribution in [3.05, 3.63) is 54.6 Å². The number of benzene rings is 1. The Morgan fingerprint density at radius 1 is 1.19 bits per heavy atom. The van der Waals surface area contributed by atoms with Gasteiger partial charge in [0.05, 0.1) is 30.8 Å². The molecule has 0 spiro atoms. The van der Waals surface area contributed by atoms with Crippen LogP contribution in [0.25, 0.3) is 11.3 Å². The number of nitrogens with zero attached hydrogens (tertiary/aromatic N) is 3. The van der Waals surface area contributed by atoms with Gasteiger partial charge in [-0.25, -0.2) is 9.78 Å². The fourth-order valence-electron chi connectivity index (χ4n) is 3.78. The maximum Gasteiger partial charge on any atom is 0.407 e. The number of amides is 2. The molecule has 0 unspecified atom stereocenters. The van der Waals surface area contributed by atoms with Gasteiger partial charge in [0.1, 0.15) is 11.9 Å². The molecular formula is C27H38N6O4. The predicted octanol–water partition coefficient (Wildman–Crippen LogP) is 4.28. The van der Waals surface area contributed by atoms with Gasteiger partial charge in [-0.3, -0.25) is 9.89 Å². The first kappa shape index (κ1) is 27.9. The highest BCUT2D eigenvalue weighted by Crippen LogP contribution is 2.25. The molecule has 1 aromatic carbocycles. The third-order valence-corrected chi connectivity index (χ3v) is 6.15. The maximum absolute atomic E-state index is 12.9. The zero-order valence-corrected chi connectivity index (χ0v) is 22.2. The molecule has 0 radical (unpaired) electrons. The zero-order valence-electron chi connectivity index (χ0n) is 22.2. The Morgan fingerprint density at radius 3 is 2.54 bits per heavy atom. The highest BCUT2D eigenvalue weighted by Gasteiger charge is 2.32. The number of aliphatic hydroxyl groups is 1. The van der Waals surface area contributed by atoms with Crippen molar-refractivity contribution in [2.24, 2.45) is 5.41 Å². The van der Waals surface area contributed by atoms with Gasteiger partial charge >= 0.3 is 6.09 Å². The summed E-state index contributed by atoms with van der Waals surface area (Å²) in [5.41, 5.74) is 2.65. The van der Waals surface area contributed by atoms with Crippen LogP contribution >= 0.6 is 0 Å². The van der Waals surface area contributed by atoms with Gasteiger partial charge in [-0.2, -0.15) is 5.10 Å². The molecule has 4 N–H and O–H groups in total. The van der Waals surface area contributed by atoms with Crippen LogP contribution in [0, 0.1) is 12.3 Å². The lowest BCUT2D eigenvalue weighted by atomic mass is 9.89. The van der Waals surface area contributed by atoms with Crippen molar-refractivity contribution in [3.63, 3.8) is 0 Å². The summed E-state index contributed by atoms with van der Waals surface area (Å²) < 4.78 is 7.74. The number of H-pyrrole nitrogens is 1. The molecule has 0 aliphatic rings. The Morgan fingerprint density at radius 2 is 1.92 bits per heavy atom. The zero-order chi connectivity index (χ0) is 27.0. The molecule has 3 atom stereocenters. The monoisotopic (exact) mass is 510 g/mol. The second kappa shape index (κ2) is 12.5. The average Bonchev–Trinajstić information content (AvgIpc) is 3.53. The molecule has 10 heteroatoms. The number of hydrogen-bond donors (Lipinski definition) is 4. The Hall–Kier alpha value is -3.66. The van der Waals surface area contributed by atoms with Crippen molar-refractivity contribution in [2.75, 3.05) is 5.32 Å². The van der Waals surface area contributed by atoms with Gasteiger partial charge < -0.3 is 25.0 Å². The molecule has 0 aliphatic carbocycles. The summed E-state index contributed by atoms with van der Waals surface area (Å²) in [5.74, 6) is -0.279. The molecule has 3 aromatic rings. The SMILES string of the molecule is CCCC[C@H](NC(=O)O[C@H](Cn1cnc(-c2ccc(C)cc2)c1)C(C)(C)C)[C@@H](O)C(=O)Nc1ccn[nH]1. The van der Waals surface area contributed by atoms with E-state index in [1.165, 1.54) is 11.8 Å². The number of aryl methyl sites for hydroxylation is 1. The van der Waals surface area contributed by atoms with E-state index in [1.54, 1.807) is 12.4 Å².